The van der Waals surface area contributed by atoms with Gasteiger partial charge in [-0.05, 0) is 37.3 Å². The molecular weight excluding hydrogens is 178 g/mol. The summed E-state index contributed by atoms with van der Waals surface area (Å²) >= 11 is 0. The maximum Gasteiger partial charge on any atom is 0.125 e. The van der Waals surface area contributed by atoms with Gasteiger partial charge in [-0.1, -0.05) is 0 Å². The fourth-order valence-corrected chi connectivity index (χ4v) is 1.40. The minimum absolute atomic E-state index is 0.144. The van der Waals surface area contributed by atoms with E-state index in [9.17, 15) is 10.2 Å². The van der Waals surface area contributed by atoms with Crippen LogP contribution in [0.2, 0.25) is 0 Å². The summed E-state index contributed by atoms with van der Waals surface area (Å²) in [5.41, 5.74) is 2.43. The largest absolute Gasteiger partial charge is 0.508 e. The second-order valence-electron chi connectivity index (χ2n) is 3.26. The SMILES string of the molecule is Cc1ccc(-c2cc(O)ccc2O)[nH]1. The lowest BCUT2D eigenvalue weighted by molar-refractivity contribution is 0.462. The van der Waals surface area contributed by atoms with Gasteiger partial charge in [-0.3, -0.25) is 0 Å². The maximum absolute atomic E-state index is 9.57. The lowest BCUT2D eigenvalue weighted by atomic mass is 10.1. The van der Waals surface area contributed by atoms with Crippen molar-refractivity contribution in [2.45, 2.75) is 6.92 Å². The molecule has 0 aliphatic rings. The zero-order valence-corrected chi connectivity index (χ0v) is 7.78. The van der Waals surface area contributed by atoms with E-state index in [2.05, 4.69) is 4.98 Å². The van der Waals surface area contributed by atoms with Gasteiger partial charge in [0.05, 0.1) is 0 Å². The Morgan fingerprint density at radius 3 is 2.50 bits per heavy atom. The van der Waals surface area contributed by atoms with Crippen molar-refractivity contribution in [3.8, 4) is 22.8 Å². The number of nitrogens with one attached hydrogen (secondary N) is 1. The molecule has 1 aromatic carbocycles. The molecule has 3 nitrogen and oxygen atoms in total. The third-order valence-electron chi connectivity index (χ3n) is 2.10. The van der Waals surface area contributed by atoms with Crippen LogP contribution in [0.4, 0.5) is 0 Å². The number of aryl methyl sites for hydroxylation is 1. The zero-order valence-electron chi connectivity index (χ0n) is 7.78. The number of aromatic hydroxyl groups is 2. The quantitative estimate of drug-likeness (QED) is 0.603. The van der Waals surface area contributed by atoms with Gasteiger partial charge >= 0.3 is 0 Å². The van der Waals surface area contributed by atoms with Crippen LogP contribution in [0.3, 0.4) is 0 Å². The Labute approximate surface area is 81.7 Å². The molecule has 1 aromatic heterocycles. The number of phenols is 2. The predicted octanol–water partition coefficient (Wildman–Crippen LogP) is 2.40. The summed E-state index contributed by atoms with van der Waals surface area (Å²) in [5, 5.41) is 18.8. The van der Waals surface area contributed by atoms with E-state index in [1.54, 1.807) is 0 Å². The van der Waals surface area contributed by atoms with Gasteiger partial charge in [0.15, 0.2) is 0 Å². The first-order valence-electron chi connectivity index (χ1n) is 4.35. The summed E-state index contributed by atoms with van der Waals surface area (Å²) in [6, 6.07) is 8.23. The van der Waals surface area contributed by atoms with Gasteiger partial charge in [-0.15, -0.1) is 0 Å². The number of benzene rings is 1. The van der Waals surface area contributed by atoms with Crippen LogP contribution in [0.1, 0.15) is 5.69 Å². The molecule has 3 N–H and O–H groups in total. The van der Waals surface area contributed by atoms with E-state index in [-0.39, 0.29) is 11.5 Å². The Balaban J connectivity index is 2.55. The molecule has 0 aliphatic carbocycles. The molecule has 2 rings (SSSR count). The van der Waals surface area contributed by atoms with Gasteiger partial charge in [0, 0.05) is 17.0 Å². The van der Waals surface area contributed by atoms with Crippen molar-refractivity contribution in [3.05, 3.63) is 36.0 Å². The normalized spacial score (nSPS) is 10.4. The van der Waals surface area contributed by atoms with Crippen LogP contribution >= 0.6 is 0 Å². The van der Waals surface area contributed by atoms with Crippen molar-refractivity contribution in [3.63, 3.8) is 0 Å². The van der Waals surface area contributed by atoms with Crippen LogP contribution in [0.5, 0.6) is 11.5 Å². The number of aromatic nitrogens is 1. The highest BCUT2D eigenvalue weighted by Crippen LogP contribution is 2.31. The minimum Gasteiger partial charge on any atom is -0.508 e. The van der Waals surface area contributed by atoms with Gasteiger partial charge in [-0.2, -0.15) is 0 Å². The Bertz CT molecular complexity index is 460. The lowest BCUT2D eigenvalue weighted by Gasteiger charge is -2.02. The van der Waals surface area contributed by atoms with Crippen LogP contribution in [0.15, 0.2) is 30.3 Å². The number of aromatic amines is 1. The average molecular weight is 189 g/mol. The van der Waals surface area contributed by atoms with Crippen molar-refractivity contribution in [2.24, 2.45) is 0 Å². The van der Waals surface area contributed by atoms with Crippen LogP contribution in [0, 0.1) is 6.92 Å². The number of hydrogen-bond donors (Lipinski definition) is 3. The van der Waals surface area contributed by atoms with Gasteiger partial charge in [0.2, 0.25) is 0 Å². The van der Waals surface area contributed by atoms with E-state index in [0.29, 0.717) is 5.56 Å². The van der Waals surface area contributed by atoms with E-state index in [1.165, 1.54) is 18.2 Å². The fraction of sp³-hybridized carbons (Fsp3) is 0.0909. The van der Waals surface area contributed by atoms with Gasteiger partial charge in [0.1, 0.15) is 11.5 Å². The molecule has 2 aromatic rings. The summed E-state index contributed by atoms with van der Waals surface area (Å²) in [5.74, 6) is 0.301. The molecule has 0 saturated heterocycles. The van der Waals surface area contributed by atoms with E-state index >= 15 is 0 Å². The summed E-state index contributed by atoms with van der Waals surface area (Å²) in [6.07, 6.45) is 0. The molecule has 0 bridgehead atoms. The standard InChI is InChI=1S/C11H11NO2/c1-7-2-4-10(12-7)9-6-8(13)3-5-11(9)14/h2-6,12-14H,1H3. The highest BCUT2D eigenvalue weighted by atomic mass is 16.3. The van der Waals surface area contributed by atoms with Crippen molar-refractivity contribution < 1.29 is 10.2 Å². The first-order chi connectivity index (χ1) is 6.66. The summed E-state index contributed by atoms with van der Waals surface area (Å²) < 4.78 is 0. The van der Waals surface area contributed by atoms with Crippen LogP contribution in [-0.4, -0.2) is 15.2 Å². The first kappa shape index (κ1) is 8.69. The Kier molecular flexibility index (Phi) is 1.93. The second kappa shape index (κ2) is 3.10. The van der Waals surface area contributed by atoms with Gasteiger partial charge in [0.25, 0.3) is 0 Å². The molecule has 3 heteroatoms. The topological polar surface area (TPSA) is 56.2 Å². The Morgan fingerprint density at radius 1 is 1.07 bits per heavy atom. The summed E-state index contributed by atoms with van der Waals surface area (Å²) in [6.45, 7) is 1.93. The molecule has 0 radical (unpaired) electrons. The van der Waals surface area contributed by atoms with Crippen molar-refractivity contribution >= 4 is 0 Å². The zero-order chi connectivity index (χ0) is 10.1. The smallest absolute Gasteiger partial charge is 0.125 e. The third-order valence-corrected chi connectivity index (χ3v) is 2.10. The lowest BCUT2D eigenvalue weighted by Crippen LogP contribution is -1.79. The highest BCUT2D eigenvalue weighted by Gasteiger charge is 2.06. The predicted molar refractivity (Wildman–Crippen MR) is 54.3 cm³/mol. The van der Waals surface area contributed by atoms with Crippen molar-refractivity contribution in [1.29, 1.82) is 0 Å². The van der Waals surface area contributed by atoms with Crippen molar-refractivity contribution in [2.75, 3.05) is 0 Å². The van der Waals surface area contributed by atoms with E-state index in [1.807, 2.05) is 19.1 Å². The maximum atomic E-state index is 9.57. The highest BCUT2D eigenvalue weighted by molar-refractivity contribution is 5.68. The van der Waals surface area contributed by atoms with E-state index < -0.39 is 0 Å². The summed E-state index contributed by atoms with van der Waals surface area (Å²) in [4.78, 5) is 3.09. The Morgan fingerprint density at radius 2 is 1.86 bits per heavy atom. The number of H-pyrrole nitrogens is 1. The number of phenolic OH excluding ortho intramolecular Hbond substituents is 2. The molecule has 0 spiro atoms. The number of rotatable bonds is 1. The first-order valence-corrected chi connectivity index (χ1v) is 4.35. The summed E-state index contributed by atoms with van der Waals surface area (Å²) in [7, 11) is 0. The average Bonchev–Trinajstić information content (AvgIpc) is 2.56. The van der Waals surface area contributed by atoms with E-state index in [0.717, 1.165) is 11.4 Å². The monoisotopic (exact) mass is 189 g/mol. The molecule has 1 heterocycles. The van der Waals surface area contributed by atoms with E-state index in [4.69, 9.17) is 0 Å². The molecule has 14 heavy (non-hydrogen) atoms. The molecule has 0 amide bonds. The van der Waals surface area contributed by atoms with Gasteiger partial charge < -0.3 is 15.2 Å². The second-order valence-corrected chi connectivity index (χ2v) is 3.26. The molecule has 0 aliphatic heterocycles. The minimum atomic E-state index is 0.144. The molecule has 0 saturated carbocycles. The molecule has 0 fully saturated rings. The number of hydrogen-bond acceptors (Lipinski definition) is 2. The van der Waals surface area contributed by atoms with Crippen LogP contribution < -0.4 is 0 Å². The van der Waals surface area contributed by atoms with Gasteiger partial charge in [-0.25, -0.2) is 0 Å². The molecular formula is C11H11NO2. The van der Waals surface area contributed by atoms with Crippen LogP contribution in [-0.2, 0) is 0 Å². The third kappa shape index (κ3) is 1.44. The molecule has 0 unspecified atom stereocenters. The van der Waals surface area contributed by atoms with Crippen molar-refractivity contribution in [1.82, 2.24) is 4.98 Å². The molecule has 0 atom stereocenters. The fourth-order valence-electron chi connectivity index (χ4n) is 1.40. The molecule has 72 valence electrons. The Hall–Kier alpha value is -1.90. The van der Waals surface area contributed by atoms with Crippen LogP contribution in [0.25, 0.3) is 11.3 Å².